The van der Waals surface area contributed by atoms with Gasteiger partial charge in [-0.2, -0.15) is 0 Å². The zero-order chi connectivity index (χ0) is 16.4. The molecular weight excluding hydrogens is 302 g/mol. The first kappa shape index (κ1) is 14.2. The van der Waals surface area contributed by atoms with Crippen molar-refractivity contribution in [2.24, 2.45) is 0 Å². The third-order valence-corrected chi connectivity index (χ3v) is 3.50. The summed E-state index contributed by atoms with van der Waals surface area (Å²) in [5.74, 6) is 1.58. The maximum Gasteiger partial charge on any atom is 0.198 e. The second kappa shape index (κ2) is 6.00. The summed E-state index contributed by atoms with van der Waals surface area (Å²) in [4.78, 5) is 17.5. The monoisotopic (exact) mass is 315 g/mol. The second-order valence-electron chi connectivity index (χ2n) is 5.23. The van der Waals surface area contributed by atoms with E-state index in [-0.39, 0.29) is 0 Å². The average molecular weight is 315 g/mol. The standard InChI is InChI=1S/C18H13N5O/c1-12-10-15(24-23-12)14-11-21-18(17-19-8-5-9-20-17)22-16(14)13-6-3-2-4-7-13/h2-11H,1H3. The van der Waals surface area contributed by atoms with Crippen molar-refractivity contribution in [2.75, 3.05) is 0 Å². The molecule has 6 nitrogen and oxygen atoms in total. The van der Waals surface area contributed by atoms with Crippen LogP contribution in [-0.4, -0.2) is 25.1 Å². The predicted molar refractivity (Wildman–Crippen MR) is 88.7 cm³/mol. The van der Waals surface area contributed by atoms with Gasteiger partial charge in [-0.1, -0.05) is 35.5 Å². The summed E-state index contributed by atoms with van der Waals surface area (Å²) in [7, 11) is 0. The number of rotatable bonds is 3. The van der Waals surface area contributed by atoms with Crippen molar-refractivity contribution < 1.29 is 4.52 Å². The Kier molecular flexibility index (Phi) is 3.55. The minimum absolute atomic E-state index is 0.467. The summed E-state index contributed by atoms with van der Waals surface area (Å²) in [6, 6.07) is 13.5. The first-order valence-corrected chi connectivity index (χ1v) is 7.45. The number of aromatic nitrogens is 5. The van der Waals surface area contributed by atoms with Crippen molar-refractivity contribution in [3.63, 3.8) is 0 Å². The van der Waals surface area contributed by atoms with E-state index in [0.29, 0.717) is 17.4 Å². The van der Waals surface area contributed by atoms with E-state index in [1.54, 1.807) is 24.7 Å². The van der Waals surface area contributed by atoms with Gasteiger partial charge < -0.3 is 4.52 Å². The second-order valence-corrected chi connectivity index (χ2v) is 5.23. The molecule has 0 aliphatic carbocycles. The molecule has 4 aromatic rings. The molecule has 0 aliphatic heterocycles. The largest absolute Gasteiger partial charge is 0.356 e. The van der Waals surface area contributed by atoms with Gasteiger partial charge in [-0.3, -0.25) is 0 Å². The van der Waals surface area contributed by atoms with Gasteiger partial charge in [0, 0.05) is 30.2 Å². The Morgan fingerprint density at radius 1 is 0.875 bits per heavy atom. The number of aryl methyl sites for hydroxylation is 1. The average Bonchev–Trinajstić information content (AvgIpc) is 3.09. The van der Waals surface area contributed by atoms with E-state index >= 15 is 0 Å². The summed E-state index contributed by atoms with van der Waals surface area (Å²) in [6.45, 7) is 1.88. The molecule has 116 valence electrons. The third kappa shape index (κ3) is 2.65. The topological polar surface area (TPSA) is 77.6 Å². The fraction of sp³-hybridized carbons (Fsp3) is 0.0556. The third-order valence-electron chi connectivity index (χ3n) is 3.50. The fourth-order valence-electron chi connectivity index (χ4n) is 2.39. The number of benzene rings is 1. The lowest BCUT2D eigenvalue weighted by Crippen LogP contribution is -1.98. The highest BCUT2D eigenvalue weighted by Gasteiger charge is 2.16. The predicted octanol–water partition coefficient (Wildman–Crippen LogP) is 3.56. The van der Waals surface area contributed by atoms with E-state index in [1.165, 1.54) is 0 Å². The molecular formula is C18H13N5O. The summed E-state index contributed by atoms with van der Waals surface area (Å²) < 4.78 is 5.40. The Morgan fingerprint density at radius 3 is 2.38 bits per heavy atom. The molecule has 24 heavy (non-hydrogen) atoms. The molecule has 0 unspecified atom stereocenters. The molecule has 3 heterocycles. The van der Waals surface area contributed by atoms with Crippen LogP contribution in [0.25, 0.3) is 34.2 Å². The van der Waals surface area contributed by atoms with Gasteiger partial charge in [-0.05, 0) is 13.0 Å². The first-order chi connectivity index (χ1) is 11.8. The van der Waals surface area contributed by atoms with Gasteiger partial charge in [0.05, 0.1) is 17.0 Å². The lowest BCUT2D eigenvalue weighted by molar-refractivity contribution is 0.427. The molecule has 6 heteroatoms. The molecule has 0 radical (unpaired) electrons. The SMILES string of the molecule is Cc1cc(-c2cnc(-c3ncccn3)nc2-c2ccccc2)on1. The van der Waals surface area contributed by atoms with E-state index < -0.39 is 0 Å². The number of hydrogen-bond acceptors (Lipinski definition) is 6. The van der Waals surface area contributed by atoms with Gasteiger partial charge in [0.2, 0.25) is 0 Å². The van der Waals surface area contributed by atoms with Crippen LogP contribution in [0.5, 0.6) is 0 Å². The Bertz CT molecular complexity index is 967. The highest BCUT2D eigenvalue weighted by molar-refractivity contribution is 5.78. The molecule has 0 bridgehead atoms. The normalized spacial score (nSPS) is 10.7. The number of hydrogen-bond donors (Lipinski definition) is 0. The summed E-state index contributed by atoms with van der Waals surface area (Å²) in [6.07, 6.45) is 5.06. The molecule has 0 spiro atoms. The van der Waals surface area contributed by atoms with E-state index in [0.717, 1.165) is 22.5 Å². The Balaban J connectivity index is 1.91. The van der Waals surface area contributed by atoms with Crippen molar-refractivity contribution in [3.8, 4) is 34.2 Å². The Morgan fingerprint density at radius 2 is 1.67 bits per heavy atom. The fourth-order valence-corrected chi connectivity index (χ4v) is 2.39. The quantitative estimate of drug-likeness (QED) is 0.575. The Hall–Kier alpha value is -3.41. The molecule has 0 fully saturated rings. The van der Waals surface area contributed by atoms with Gasteiger partial charge in [0.15, 0.2) is 17.4 Å². The minimum atomic E-state index is 0.467. The van der Waals surface area contributed by atoms with Gasteiger partial charge in [0.25, 0.3) is 0 Å². The van der Waals surface area contributed by atoms with Gasteiger partial charge in [-0.25, -0.2) is 19.9 Å². The zero-order valence-corrected chi connectivity index (χ0v) is 12.9. The first-order valence-electron chi connectivity index (χ1n) is 7.45. The summed E-state index contributed by atoms with van der Waals surface area (Å²) in [5, 5.41) is 3.95. The van der Waals surface area contributed by atoms with Crippen LogP contribution in [-0.2, 0) is 0 Å². The van der Waals surface area contributed by atoms with Crippen LogP contribution in [0.2, 0.25) is 0 Å². The molecule has 4 rings (SSSR count). The van der Waals surface area contributed by atoms with Crippen LogP contribution in [0, 0.1) is 6.92 Å². The maximum atomic E-state index is 5.40. The molecule has 0 saturated carbocycles. The molecule has 1 aromatic carbocycles. The van der Waals surface area contributed by atoms with Crippen molar-refractivity contribution in [1.29, 1.82) is 0 Å². The van der Waals surface area contributed by atoms with Crippen LogP contribution in [0.1, 0.15) is 5.69 Å². The van der Waals surface area contributed by atoms with Crippen molar-refractivity contribution in [3.05, 3.63) is 66.7 Å². The van der Waals surface area contributed by atoms with E-state index in [9.17, 15) is 0 Å². The van der Waals surface area contributed by atoms with Crippen LogP contribution < -0.4 is 0 Å². The minimum Gasteiger partial charge on any atom is -0.356 e. The Labute approximate surface area is 138 Å². The summed E-state index contributed by atoms with van der Waals surface area (Å²) >= 11 is 0. The van der Waals surface area contributed by atoms with E-state index in [2.05, 4.69) is 25.1 Å². The lowest BCUT2D eigenvalue weighted by Gasteiger charge is -2.08. The zero-order valence-electron chi connectivity index (χ0n) is 12.9. The molecule has 0 N–H and O–H groups in total. The van der Waals surface area contributed by atoms with Crippen molar-refractivity contribution >= 4 is 0 Å². The highest BCUT2D eigenvalue weighted by atomic mass is 16.5. The van der Waals surface area contributed by atoms with Crippen LogP contribution >= 0.6 is 0 Å². The molecule has 0 atom stereocenters. The van der Waals surface area contributed by atoms with Crippen LogP contribution in [0.3, 0.4) is 0 Å². The molecule has 3 aromatic heterocycles. The molecule has 0 saturated heterocycles. The van der Waals surface area contributed by atoms with Crippen molar-refractivity contribution in [2.45, 2.75) is 6.92 Å². The highest BCUT2D eigenvalue weighted by Crippen LogP contribution is 2.31. The van der Waals surface area contributed by atoms with E-state index in [1.807, 2.05) is 43.3 Å². The van der Waals surface area contributed by atoms with Gasteiger partial charge >= 0.3 is 0 Å². The van der Waals surface area contributed by atoms with Gasteiger partial charge in [-0.15, -0.1) is 0 Å². The molecule has 0 amide bonds. The number of nitrogens with zero attached hydrogens (tertiary/aromatic N) is 5. The maximum absolute atomic E-state index is 5.40. The van der Waals surface area contributed by atoms with Crippen molar-refractivity contribution in [1.82, 2.24) is 25.1 Å². The molecule has 0 aliphatic rings. The lowest BCUT2D eigenvalue weighted by atomic mass is 10.1. The van der Waals surface area contributed by atoms with Crippen LogP contribution in [0.4, 0.5) is 0 Å². The summed E-state index contributed by atoms with van der Waals surface area (Å²) in [5.41, 5.74) is 3.30. The van der Waals surface area contributed by atoms with Crippen LogP contribution in [0.15, 0.2) is 65.6 Å². The van der Waals surface area contributed by atoms with Gasteiger partial charge in [0.1, 0.15) is 0 Å². The van der Waals surface area contributed by atoms with E-state index in [4.69, 9.17) is 4.52 Å². The smallest absolute Gasteiger partial charge is 0.198 e.